The minimum Gasteiger partial charge on any atom is -0.497 e. The van der Waals surface area contributed by atoms with Gasteiger partial charge >= 0.3 is 0 Å². The van der Waals surface area contributed by atoms with Crippen LogP contribution >= 0.6 is 11.8 Å². The summed E-state index contributed by atoms with van der Waals surface area (Å²) in [6.07, 6.45) is 0. The van der Waals surface area contributed by atoms with E-state index in [1.54, 1.807) is 35.9 Å². The van der Waals surface area contributed by atoms with E-state index >= 15 is 0 Å². The molecule has 0 saturated carbocycles. The fourth-order valence-corrected chi connectivity index (χ4v) is 4.41. The molecule has 4 rings (SSSR count). The van der Waals surface area contributed by atoms with Gasteiger partial charge in [0.1, 0.15) is 11.1 Å². The molecule has 146 valence electrons. The number of nitrogens with one attached hydrogen (secondary N) is 1. The van der Waals surface area contributed by atoms with E-state index in [0.717, 1.165) is 11.3 Å². The molecule has 3 aromatic carbocycles. The number of rotatable bonds is 5. The van der Waals surface area contributed by atoms with Gasteiger partial charge in [-0.2, -0.15) is 0 Å². The van der Waals surface area contributed by atoms with Crippen molar-refractivity contribution in [3.05, 3.63) is 90.0 Å². The Morgan fingerprint density at radius 3 is 2.52 bits per heavy atom. The Kier molecular flexibility index (Phi) is 5.53. The molecule has 1 atom stereocenters. The van der Waals surface area contributed by atoms with Crippen molar-refractivity contribution in [2.75, 3.05) is 23.1 Å². The lowest BCUT2D eigenvalue weighted by Crippen LogP contribution is -2.27. The third-order valence-corrected chi connectivity index (χ3v) is 5.90. The molecule has 1 aliphatic rings. The first-order valence-corrected chi connectivity index (χ1v) is 10.2. The van der Waals surface area contributed by atoms with Crippen LogP contribution in [0.2, 0.25) is 0 Å². The second-order valence-electron chi connectivity index (χ2n) is 6.57. The molecule has 1 fully saturated rings. The van der Waals surface area contributed by atoms with Crippen molar-refractivity contribution < 1.29 is 14.3 Å². The topological polar surface area (TPSA) is 58.6 Å². The zero-order valence-electron chi connectivity index (χ0n) is 15.9. The van der Waals surface area contributed by atoms with Crippen molar-refractivity contribution >= 4 is 35.0 Å². The number of methoxy groups -OCH3 is 1. The number of amides is 2. The van der Waals surface area contributed by atoms with Crippen LogP contribution in [0.15, 0.2) is 78.9 Å². The van der Waals surface area contributed by atoms with Gasteiger partial charge in [0.05, 0.1) is 12.9 Å². The van der Waals surface area contributed by atoms with Gasteiger partial charge in [0.25, 0.3) is 5.91 Å². The summed E-state index contributed by atoms with van der Waals surface area (Å²) in [6, 6.07) is 24.2. The molecule has 0 radical (unpaired) electrons. The van der Waals surface area contributed by atoms with Gasteiger partial charge in [0.2, 0.25) is 5.91 Å². The maximum absolute atomic E-state index is 12.5. The van der Waals surface area contributed by atoms with E-state index in [1.165, 1.54) is 0 Å². The van der Waals surface area contributed by atoms with Crippen LogP contribution in [0.3, 0.4) is 0 Å². The van der Waals surface area contributed by atoms with Crippen molar-refractivity contribution in [2.45, 2.75) is 5.37 Å². The first kappa shape index (κ1) is 19.1. The molecular formula is C23H20N2O3S. The van der Waals surface area contributed by atoms with Crippen molar-refractivity contribution in [3.8, 4) is 5.75 Å². The van der Waals surface area contributed by atoms with Gasteiger partial charge in [0, 0.05) is 23.0 Å². The highest BCUT2D eigenvalue weighted by atomic mass is 32.2. The molecule has 1 heterocycles. The van der Waals surface area contributed by atoms with Crippen LogP contribution in [0.25, 0.3) is 0 Å². The molecule has 0 aromatic heterocycles. The van der Waals surface area contributed by atoms with E-state index in [-0.39, 0.29) is 17.2 Å². The lowest BCUT2D eigenvalue weighted by Gasteiger charge is -2.25. The molecule has 1 N–H and O–H groups in total. The molecule has 2 amide bonds. The SMILES string of the molecule is COc1cccc(N2C(=O)CS[C@H]2c2ccc(NC(=O)c3ccccc3)cc2)c1. The van der Waals surface area contributed by atoms with E-state index in [2.05, 4.69) is 5.32 Å². The quantitative estimate of drug-likeness (QED) is 0.668. The fraction of sp³-hybridized carbons (Fsp3) is 0.130. The molecule has 0 bridgehead atoms. The summed E-state index contributed by atoms with van der Waals surface area (Å²) < 4.78 is 5.29. The van der Waals surface area contributed by atoms with Gasteiger partial charge in [-0.05, 0) is 42.0 Å². The average Bonchev–Trinajstić information content (AvgIpc) is 3.16. The minimum atomic E-state index is -0.151. The lowest BCUT2D eigenvalue weighted by molar-refractivity contribution is -0.115. The predicted molar refractivity (Wildman–Crippen MR) is 117 cm³/mol. The Morgan fingerprint density at radius 1 is 1.03 bits per heavy atom. The maximum atomic E-state index is 12.5. The van der Waals surface area contributed by atoms with Crippen LogP contribution in [0.5, 0.6) is 5.75 Å². The Balaban J connectivity index is 1.53. The zero-order valence-corrected chi connectivity index (χ0v) is 16.7. The number of carbonyl (C=O) groups is 2. The molecule has 3 aromatic rings. The van der Waals surface area contributed by atoms with Crippen LogP contribution < -0.4 is 15.0 Å². The first-order valence-electron chi connectivity index (χ1n) is 9.20. The number of thioether (sulfide) groups is 1. The summed E-state index contributed by atoms with van der Waals surface area (Å²) in [5, 5.41) is 2.78. The highest BCUT2D eigenvalue weighted by molar-refractivity contribution is 8.00. The van der Waals surface area contributed by atoms with E-state index in [9.17, 15) is 9.59 Å². The minimum absolute atomic E-state index is 0.0645. The van der Waals surface area contributed by atoms with Gasteiger partial charge in [-0.25, -0.2) is 0 Å². The van der Waals surface area contributed by atoms with Gasteiger partial charge in [0.15, 0.2) is 0 Å². The predicted octanol–water partition coefficient (Wildman–Crippen LogP) is 4.73. The number of benzene rings is 3. The van der Waals surface area contributed by atoms with Gasteiger partial charge in [-0.15, -0.1) is 11.8 Å². The molecule has 0 unspecified atom stereocenters. The summed E-state index contributed by atoms with van der Waals surface area (Å²) in [5.74, 6) is 1.05. The summed E-state index contributed by atoms with van der Waals surface area (Å²) >= 11 is 1.58. The number of anilines is 2. The smallest absolute Gasteiger partial charge is 0.255 e. The van der Waals surface area contributed by atoms with Crippen molar-refractivity contribution in [1.82, 2.24) is 0 Å². The third kappa shape index (κ3) is 4.12. The molecule has 5 nitrogen and oxygen atoms in total. The highest BCUT2D eigenvalue weighted by Crippen LogP contribution is 2.42. The number of ether oxygens (including phenoxy) is 1. The zero-order chi connectivity index (χ0) is 20.2. The largest absolute Gasteiger partial charge is 0.497 e. The van der Waals surface area contributed by atoms with Crippen molar-refractivity contribution in [2.24, 2.45) is 0 Å². The van der Waals surface area contributed by atoms with Gasteiger partial charge < -0.3 is 10.1 Å². The summed E-state index contributed by atoms with van der Waals surface area (Å²) in [4.78, 5) is 26.6. The van der Waals surface area contributed by atoms with E-state index in [4.69, 9.17) is 4.74 Å². The van der Waals surface area contributed by atoms with Crippen LogP contribution in [0, 0.1) is 0 Å². The van der Waals surface area contributed by atoms with Crippen molar-refractivity contribution in [1.29, 1.82) is 0 Å². The lowest BCUT2D eigenvalue weighted by atomic mass is 10.1. The number of nitrogens with zero attached hydrogens (tertiary/aromatic N) is 1. The number of hydrogen-bond acceptors (Lipinski definition) is 4. The van der Waals surface area contributed by atoms with Crippen molar-refractivity contribution in [3.63, 3.8) is 0 Å². The standard InChI is InChI=1S/C23H20N2O3S/c1-28-20-9-5-8-19(14-20)25-21(26)15-29-23(25)17-10-12-18(13-11-17)24-22(27)16-6-3-2-4-7-16/h2-14,23H,15H2,1H3,(H,24,27)/t23-/m0/s1. The number of carbonyl (C=O) groups excluding carboxylic acids is 2. The second-order valence-corrected chi connectivity index (χ2v) is 7.64. The van der Waals surface area contributed by atoms with E-state index in [1.807, 2.05) is 66.7 Å². The summed E-state index contributed by atoms with van der Waals surface area (Å²) in [7, 11) is 1.61. The monoisotopic (exact) mass is 404 g/mol. The van der Waals surface area contributed by atoms with Crippen LogP contribution in [0.1, 0.15) is 21.3 Å². The summed E-state index contributed by atoms with van der Waals surface area (Å²) in [5.41, 5.74) is 3.13. The first-order chi connectivity index (χ1) is 14.2. The third-order valence-electron chi connectivity index (χ3n) is 4.69. The Bertz CT molecular complexity index is 1020. The van der Waals surface area contributed by atoms with Crippen LogP contribution in [-0.4, -0.2) is 24.7 Å². The van der Waals surface area contributed by atoms with Gasteiger partial charge in [-0.3, -0.25) is 14.5 Å². The Morgan fingerprint density at radius 2 is 1.79 bits per heavy atom. The van der Waals surface area contributed by atoms with E-state index in [0.29, 0.717) is 22.8 Å². The molecule has 29 heavy (non-hydrogen) atoms. The molecule has 1 aliphatic heterocycles. The van der Waals surface area contributed by atoms with Crippen LogP contribution in [0.4, 0.5) is 11.4 Å². The molecule has 1 saturated heterocycles. The van der Waals surface area contributed by atoms with Crippen LogP contribution in [-0.2, 0) is 4.79 Å². The normalized spacial score (nSPS) is 16.0. The maximum Gasteiger partial charge on any atom is 0.255 e. The fourth-order valence-electron chi connectivity index (χ4n) is 3.23. The molecular weight excluding hydrogens is 384 g/mol. The van der Waals surface area contributed by atoms with E-state index < -0.39 is 0 Å². The Hall–Kier alpha value is -3.25. The molecule has 0 aliphatic carbocycles. The average molecular weight is 404 g/mol. The highest BCUT2D eigenvalue weighted by Gasteiger charge is 2.34. The Labute approximate surface area is 173 Å². The molecule has 6 heteroatoms. The summed E-state index contributed by atoms with van der Waals surface area (Å²) in [6.45, 7) is 0. The molecule has 0 spiro atoms. The second kappa shape index (κ2) is 8.41. The van der Waals surface area contributed by atoms with Gasteiger partial charge in [-0.1, -0.05) is 36.4 Å². The number of hydrogen-bond donors (Lipinski definition) is 1.